The van der Waals surface area contributed by atoms with Gasteiger partial charge < -0.3 is 20.0 Å². The molecule has 1 atom stereocenters. The van der Waals surface area contributed by atoms with Crippen LogP contribution in [0.15, 0.2) is 42.5 Å². The van der Waals surface area contributed by atoms with E-state index in [4.69, 9.17) is 16.6 Å². The minimum Gasteiger partial charge on any atom is -0.508 e. The number of phenolic OH excluding ortho intramolecular Hbond substituents is 1. The van der Waals surface area contributed by atoms with Crippen LogP contribution < -0.4 is 0 Å². The van der Waals surface area contributed by atoms with Crippen LogP contribution in [0.1, 0.15) is 22.8 Å². The Morgan fingerprint density at radius 3 is 2.58 bits per heavy atom. The second-order valence-electron chi connectivity index (χ2n) is 7.80. The third-order valence-corrected chi connectivity index (χ3v) is 5.97. The summed E-state index contributed by atoms with van der Waals surface area (Å²) in [6, 6.07) is 11.9. The summed E-state index contributed by atoms with van der Waals surface area (Å²) in [5.41, 5.74) is 3.26. The number of hydrogen-bond donors (Lipinski definition) is 2. The highest BCUT2D eigenvalue weighted by molar-refractivity contribution is 6.35. The van der Waals surface area contributed by atoms with Gasteiger partial charge in [0, 0.05) is 42.2 Å². The maximum atomic E-state index is 13.1. The van der Waals surface area contributed by atoms with Crippen LogP contribution in [0, 0.1) is 6.92 Å². The normalized spacial score (nSPS) is 16.5. The maximum Gasteiger partial charge on any atom is 0.407 e. The number of rotatable bonds is 2. The standard InChI is InChI=1S/C23H22ClN3O4/c1-13-9-15(4-6-21(13)28)19-11-18(24)17-5-3-16(10-20(17)25-19)22(29)26-7-8-27(23(30)31)14(2)12-26/h3-6,9-11,14,28H,7-8,12H2,1-2H3,(H,30,31). The number of fused-ring (bicyclic) bond motifs is 1. The van der Waals surface area contributed by atoms with Crippen molar-refractivity contribution < 1.29 is 19.8 Å². The van der Waals surface area contributed by atoms with Crippen LogP contribution in [-0.4, -0.2) is 62.7 Å². The van der Waals surface area contributed by atoms with Crippen molar-refractivity contribution in [2.24, 2.45) is 0 Å². The van der Waals surface area contributed by atoms with Gasteiger partial charge in [0.1, 0.15) is 5.75 Å². The topological polar surface area (TPSA) is 94.0 Å². The van der Waals surface area contributed by atoms with Crippen LogP contribution in [-0.2, 0) is 0 Å². The molecular formula is C23H22ClN3O4. The number of aromatic nitrogens is 1. The molecule has 1 saturated heterocycles. The Hall–Kier alpha value is -3.32. The molecule has 0 saturated carbocycles. The molecule has 3 aromatic rings. The first-order chi connectivity index (χ1) is 14.7. The molecule has 4 rings (SSSR count). The van der Waals surface area contributed by atoms with Crippen molar-refractivity contribution in [3.8, 4) is 17.0 Å². The minimum absolute atomic E-state index is 0.164. The van der Waals surface area contributed by atoms with Gasteiger partial charge in [-0.05, 0) is 55.8 Å². The Balaban J connectivity index is 1.66. The van der Waals surface area contributed by atoms with Crippen molar-refractivity contribution in [1.29, 1.82) is 0 Å². The van der Waals surface area contributed by atoms with Gasteiger partial charge in [-0.1, -0.05) is 17.7 Å². The van der Waals surface area contributed by atoms with Gasteiger partial charge in [-0.15, -0.1) is 0 Å². The van der Waals surface area contributed by atoms with E-state index in [1.54, 1.807) is 48.2 Å². The van der Waals surface area contributed by atoms with E-state index in [0.717, 1.165) is 16.5 Å². The summed E-state index contributed by atoms with van der Waals surface area (Å²) in [5, 5.41) is 20.3. The summed E-state index contributed by atoms with van der Waals surface area (Å²) in [4.78, 5) is 32.0. The lowest BCUT2D eigenvalue weighted by molar-refractivity contribution is 0.0507. The van der Waals surface area contributed by atoms with Crippen LogP contribution in [0.25, 0.3) is 22.2 Å². The fourth-order valence-corrected chi connectivity index (χ4v) is 4.15. The third-order valence-electron chi connectivity index (χ3n) is 5.66. The zero-order valence-corrected chi connectivity index (χ0v) is 17.9. The SMILES string of the molecule is Cc1cc(-c2cc(Cl)c3ccc(C(=O)N4CCN(C(=O)O)C(C)C4)cc3n2)ccc1O. The number of benzene rings is 2. The molecule has 1 unspecified atom stereocenters. The summed E-state index contributed by atoms with van der Waals surface area (Å²) in [6.07, 6.45) is -0.971. The number of aryl methyl sites for hydroxylation is 1. The van der Waals surface area contributed by atoms with Crippen molar-refractivity contribution in [2.45, 2.75) is 19.9 Å². The molecule has 8 heteroatoms. The average molecular weight is 440 g/mol. The number of pyridine rings is 1. The molecule has 160 valence electrons. The monoisotopic (exact) mass is 439 g/mol. The number of amides is 2. The molecule has 0 aliphatic carbocycles. The lowest BCUT2D eigenvalue weighted by atomic mass is 10.0. The van der Waals surface area contributed by atoms with Gasteiger partial charge in [-0.25, -0.2) is 9.78 Å². The molecule has 0 bridgehead atoms. The van der Waals surface area contributed by atoms with Crippen molar-refractivity contribution >= 4 is 34.5 Å². The van der Waals surface area contributed by atoms with E-state index in [2.05, 4.69) is 0 Å². The summed E-state index contributed by atoms with van der Waals surface area (Å²) >= 11 is 6.48. The first-order valence-corrected chi connectivity index (χ1v) is 10.3. The second kappa shape index (κ2) is 8.07. The van der Waals surface area contributed by atoms with Crippen LogP contribution in [0.3, 0.4) is 0 Å². The van der Waals surface area contributed by atoms with Gasteiger partial charge in [-0.3, -0.25) is 4.79 Å². The number of hydrogen-bond acceptors (Lipinski definition) is 4. The largest absolute Gasteiger partial charge is 0.508 e. The Bertz CT molecular complexity index is 1200. The van der Waals surface area contributed by atoms with Crippen LogP contribution in [0.5, 0.6) is 5.75 Å². The van der Waals surface area contributed by atoms with E-state index in [-0.39, 0.29) is 24.2 Å². The molecule has 2 aromatic carbocycles. The first kappa shape index (κ1) is 20.9. The molecule has 0 spiro atoms. The van der Waals surface area contributed by atoms with E-state index < -0.39 is 6.09 Å². The average Bonchev–Trinajstić information content (AvgIpc) is 2.74. The molecule has 7 nitrogen and oxygen atoms in total. The van der Waals surface area contributed by atoms with Crippen molar-refractivity contribution in [2.75, 3.05) is 19.6 Å². The van der Waals surface area contributed by atoms with Crippen molar-refractivity contribution in [3.63, 3.8) is 0 Å². The van der Waals surface area contributed by atoms with Crippen molar-refractivity contribution in [3.05, 3.63) is 58.6 Å². The van der Waals surface area contributed by atoms with Gasteiger partial charge >= 0.3 is 6.09 Å². The van der Waals surface area contributed by atoms with E-state index in [9.17, 15) is 19.8 Å². The van der Waals surface area contributed by atoms with Crippen molar-refractivity contribution in [1.82, 2.24) is 14.8 Å². The van der Waals surface area contributed by atoms with Crippen LogP contribution in [0.4, 0.5) is 4.79 Å². The lowest BCUT2D eigenvalue weighted by Gasteiger charge is -2.38. The quantitative estimate of drug-likeness (QED) is 0.617. The highest BCUT2D eigenvalue weighted by atomic mass is 35.5. The molecule has 1 aliphatic heterocycles. The number of carbonyl (C=O) groups is 2. The lowest BCUT2D eigenvalue weighted by Crippen LogP contribution is -2.55. The Morgan fingerprint density at radius 2 is 1.90 bits per heavy atom. The minimum atomic E-state index is -0.971. The zero-order chi connectivity index (χ0) is 22.3. The predicted octanol–water partition coefficient (Wildman–Crippen LogP) is 4.39. The second-order valence-corrected chi connectivity index (χ2v) is 8.21. The zero-order valence-electron chi connectivity index (χ0n) is 17.2. The smallest absolute Gasteiger partial charge is 0.407 e. The number of piperazine rings is 1. The molecule has 1 aromatic heterocycles. The molecule has 0 radical (unpaired) electrons. The molecule has 31 heavy (non-hydrogen) atoms. The first-order valence-electron chi connectivity index (χ1n) is 9.93. The molecular weight excluding hydrogens is 418 g/mol. The van der Waals surface area contributed by atoms with Crippen LogP contribution in [0.2, 0.25) is 5.02 Å². The van der Waals surface area contributed by atoms with Crippen LogP contribution >= 0.6 is 11.6 Å². The molecule has 2 heterocycles. The Labute approximate surface area is 184 Å². The van der Waals surface area contributed by atoms with E-state index in [1.807, 2.05) is 13.0 Å². The molecule has 1 aliphatic rings. The number of aromatic hydroxyl groups is 1. The Morgan fingerprint density at radius 1 is 1.13 bits per heavy atom. The predicted molar refractivity (Wildman–Crippen MR) is 119 cm³/mol. The number of phenols is 1. The van der Waals surface area contributed by atoms with E-state index in [0.29, 0.717) is 34.9 Å². The molecule has 1 fully saturated rings. The van der Waals surface area contributed by atoms with E-state index >= 15 is 0 Å². The number of carbonyl (C=O) groups excluding carboxylic acids is 1. The summed E-state index contributed by atoms with van der Waals surface area (Å²) < 4.78 is 0. The maximum absolute atomic E-state index is 13.1. The van der Waals surface area contributed by atoms with E-state index in [1.165, 1.54) is 4.90 Å². The van der Waals surface area contributed by atoms with Gasteiger partial charge in [-0.2, -0.15) is 0 Å². The van der Waals surface area contributed by atoms with Gasteiger partial charge in [0.2, 0.25) is 0 Å². The number of nitrogens with zero attached hydrogens (tertiary/aromatic N) is 3. The highest BCUT2D eigenvalue weighted by Gasteiger charge is 2.30. The third kappa shape index (κ3) is 4.01. The summed E-state index contributed by atoms with van der Waals surface area (Å²) in [5.74, 6) is 0.0448. The molecule has 2 amide bonds. The van der Waals surface area contributed by atoms with Gasteiger partial charge in [0.25, 0.3) is 5.91 Å². The number of halogens is 1. The van der Waals surface area contributed by atoms with Gasteiger partial charge in [0.15, 0.2) is 0 Å². The summed E-state index contributed by atoms with van der Waals surface area (Å²) in [6.45, 7) is 4.56. The highest BCUT2D eigenvalue weighted by Crippen LogP contribution is 2.31. The molecule has 2 N–H and O–H groups in total. The van der Waals surface area contributed by atoms with Gasteiger partial charge in [0.05, 0.1) is 16.2 Å². The fraction of sp³-hybridized carbons (Fsp3) is 0.261. The number of carboxylic acid groups (broad SMARTS) is 1. The fourth-order valence-electron chi connectivity index (χ4n) is 3.89. The Kier molecular flexibility index (Phi) is 5.45. The summed E-state index contributed by atoms with van der Waals surface area (Å²) in [7, 11) is 0.